The van der Waals surface area contributed by atoms with Crippen LogP contribution in [0.3, 0.4) is 0 Å². The van der Waals surface area contributed by atoms with Gasteiger partial charge < -0.3 is 14.2 Å². The average molecular weight is 344 g/mol. The number of anilines is 1. The van der Waals surface area contributed by atoms with Gasteiger partial charge in [0.1, 0.15) is 18.1 Å². The second-order valence-corrected chi connectivity index (χ2v) is 6.53. The molecule has 1 aromatic carbocycles. The Hall–Kier alpha value is -2.39. The number of nitrogens with zero attached hydrogens (tertiary/aromatic N) is 1. The van der Waals surface area contributed by atoms with Crippen molar-refractivity contribution in [2.45, 2.75) is 18.9 Å². The number of hydrogen-bond acceptors (Lipinski definition) is 5. The van der Waals surface area contributed by atoms with Gasteiger partial charge in [0.2, 0.25) is 0 Å². The van der Waals surface area contributed by atoms with E-state index >= 15 is 0 Å². The SMILES string of the molecule is C#C[C@H]1CN2CC[C@@H]1C[C@@H]2COC(=O)Nc1cc(OC)cc(OC)c1. The van der Waals surface area contributed by atoms with Crippen LogP contribution in [-0.4, -0.2) is 51.0 Å². The molecule has 1 aromatic rings. The van der Waals surface area contributed by atoms with Gasteiger partial charge in [0.25, 0.3) is 0 Å². The Morgan fingerprint density at radius 1 is 1.32 bits per heavy atom. The highest BCUT2D eigenvalue weighted by Crippen LogP contribution is 2.36. The number of piperidine rings is 3. The molecule has 3 aliphatic rings. The van der Waals surface area contributed by atoms with Gasteiger partial charge in [0.15, 0.2) is 0 Å². The van der Waals surface area contributed by atoms with Gasteiger partial charge in [-0.25, -0.2) is 4.79 Å². The van der Waals surface area contributed by atoms with E-state index in [9.17, 15) is 4.79 Å². The number of ether oxygens (including phenoxy) is 3. The summed E-state index contributed by atoms with van der Waals surface area (Å²) in [6, 6.07) is 5.43. The lowest BCUT2D eigenvalue weighted by atomic mass is 9.76. The minimum absolute atomic E-state index is 0.258. The van der Waals surface area contributed by atoms with Crippen molar-refractivity contribution < 1.29 is 19.0 Å². The average Bonchev–Trinajstić information content (AvgIpc) is 2.66. The zero-order valence-electron chi connectivity index (χ0n) is 14.7. The summed E-state index contributed by atoms with van der Waals surface area (Å²) in [5.74, 6) is 4.98. The second-order valence-electron chi connectivity index (χ2n) is 6.53. The monoisotopic (exact) mass is 344 g/mol. The van der Waals surface area contributed by atoms with Crippen molar-refractivity contribution in [3.63, 3.8) is 0 Å². The van der Waals surface area contributed by atoms with E-state index in [0.717, 1.165) is 25.9 Å². The van der Waals surface area contributed by atoms with Crippen LogP contribution in [-0.2, 0) is 4.74 Å². The quantitative estimate of drug-likeness (QED) is 0.832. The Morgan fingerprint density at radius 3 is 2.60 bits per heavy atom. The van der Waals surface area contributed by atoms with Gasteiger partial charge >= 0.3 is 6.09 Å². The van der Waals surface area contributed by atoms with E-state index < -0.39 is 6.09 Å². The number of benzene rings is 1. The molecule has 3 fully saturated rings. The van der Waals surface area contributed by atoms with E-state index in [4.69, 9.17) is 20.6 Å². The van der Waals surface area contributed by atoms with E-state index in [0.29, 0.717) is 35.6 Å². The third-order valence-electron chi connectivity index (χ3n) is 5.10. The lowest BCUT2D eigenvalue weighted by Crippen LogP contribution is -2.54. The van der Waals surface area contributed by atoms with Crippen molar-refractivity contribution >= 4 is 11.8 Å². The van der Waals surface area contributed by atoms with Crippen LogP contribution in [0.5, 0.6) is 11.5 Å². The summed E-state index contributed by atoms with van der Waals surface area (Å²) >= 11 is 0. The number of methoxy groups -OCH3 is 2. The van der Waals surface area contributed by atoms with Crippen LogP contribution in [0.15, 0.2) is 18.2 Å². The van der Waals surface area contributed by atoms with Crippen LogP contribution >= 0.6 is 0 Å². The van der Waals surface area contributed by atoms with E-state index in [1.165, 1.54) is 0 Å². The first-order chi connectivity index (χ1) is 12.1. The second kappa shape index (κ2) is 7.66. The number of carbonyl (C=O) groups excluding carboxylic acids is 1. The van der Waals surface area contributed by atoms with Crippen molar-refractivity contribution in [1.29, 1.82) is 0 Å². The Balaban J connectivity index is 1.53. The van der Waals surface area contributed by atoms with E-state index in [1.54, 1.807) is 32.4 Å². The molecule has 134 valence electrons. The first-order valence-electron chi connectivity index (χ1n) is 8.50. The smallest absolute Gasteiger partial charge is 0.411 e. The van der Waals surface area contributed by atoms with Gasteiger partial charge in [-0.05, 0) is 25.3 Å². The summed E-state index contributed by atoms with van der Waals surface area (Å²) < 4.78 is 15.8. The molecule has 25 heavy (non-hydrogen) atoms. The van der Waals surface area contributed by atoms with E-state index in [-0.39, 0.29) is 6.04 Å². The van der Waals surface area contributed by atoms with Crippen molar-refractivity contribution in [2.24, 2.45) is 11.8 Å². The molecular weight excluding hydrogens is 320 g/mol. The van der Waals surface area contributed by atoms with E-state index in [1.807, 2.05) is 0 Å². The maximum absolute atomic E-state index is 12.1. The summed E-state index contributed by atoms with van der Waals surface area (Å²) in [6.07, 6.45) is 7.25. The predicted molar refractivity (Wildman–Crippen MR) is 94.9 cm³/mol. The maximum Gasteiger partial charge on any atom is 0.411 e. The Morgan fingerprint density at radius 2 is 2.04 bits per heavy atom. The zero-order chi connectivity index (χ0) is 17.8. The molecule has 1 unspecified atom stereocenters. The van der Waals surface area contributed by atoms with Crippen LogP contribution in [0.4, 0.5) is 10.5 Å². The highest BCUT2D eigenvalue weighted by Gasteiger charge is 2.39. The number of amides is 1. The van der Waals surface area contributed by atoms with Crippen LogP contribution in [0.25, 0.3) is 0 Å². The molecule has 0 spiro atoms. The summed E-state index contributed by atoms with van der Waals surface area (Å²) in [7, 11) is 3.12. The number of terminal acetylenes is 1. The third kappa shape index (κ3) is 3.99. The summed E-state index contributed by atoms with van der Waals surface area (Å²) in [4.78, 5) is 14.5. The molecule has 4 rings (SSSR count). The Bertz CT molecular complexity index is 648. The Kier molecular flexibility index (Phi) is 5.34. The van der Waals surface area contributed by atoms with Crippen LogP contribution < -0.4 is 14.8 Å². The van der Waals surface area contributed by atoms with Gasteiger partial charge in [0.05, 0.1) is 19.9 Å². The van der Waals surface area contributed by atoms with Gasteiger partial charge in [-0.3, -0.25) is 10.2 Å². The number of hydrogen-bond donors (Lipinski definition) is 1. The number of carbonyl (C=O) groups is 1. The number of fused-ring (bicyclic) bond motifs is 3. The standard InChI is InChI=1S/C19H24N2O4/c1-4-13-11-21-6-5-14(13)7-16(21)12-25-19(22)20-15-8-17(23-2)10-18(9-15)24-3/h1,8-10,13-14,16H,5-7,11-12H2,2-3H3,(H,20,22)/t13-,14+,16+/m0/s1. The molecular formula is C19H24N2O4. The molecule has 3 heterocycles. The molecule has 0 aromatic heterocycles. The van der Waals surface area contributed by atoms with Crippen LogP contribution in [0, 0.1) is 24.2 Å². The minimum atomic E-state index is -0.480. The molecule has 1 N–H and O–H groups in total. The van der Waals surface area contributed by atoms with E-state index in [2.05, 4.69) is 16.1 Å². The fraction of sp³-hybridized carbons (Fsp3) is 0.526. The van der Waals surface area contributed by atoms with Gasteiger partial charge in [-0.15, -0.1) is 12.3 Å². The fourth-order valence-corrected chi connectivity index (χ4v) is 3.71. The number of nitrogens with one attached hydrogen (secondary N) is 1. The topological polar surface area (TPSA) is 60.0 Å². The summed E-state index contributed by atoms with van der Waals surface area (Å²) in [5, 5.41) is 2.72. The first-order valence-corrected chi connectivity index (χ1v) is 8.50. The van der Waals surface area contributed by atoms with Crippen molar-refractivity contribution in [3.05, 3.63) is 18.2 Å². The van der Waals surface area contributed by atoms with Crippen LogP contribution in [0.1, 0.15) is 12.8 Å². The summed E-state index contributed by atoms with van der Waals surface area (Å²) in [6.45, 7) is 2.32. The highest BCUT2D eigenvalue weighted by atomic mass is 16.5. The number of rotatable bonds is 5. The fourth-order valence-electron chi connectivity index (χ4n) is 3.71. The molecule has 0 saturated carbocycles. The molecule has 0 aliphatic carbocycles. The summed E-state index contributed by atoms with van der Waals surface area (Å²) in [5.41, 5.74) is 0.569. The van der Waals surface area contributed by atoms with Crippen molar-refractivity contribution in [3.8, 4) is 23.8 Å². The lowest BCUT2D eigenvalue weighted by molar-refractivity contribution is -0.00665. The first kappa shape index (κ1) is 17.4. The lowest BCUT2D eigenvalue weighted by Gasteiger charge is -2.48. The maximum atomic E-state index is 12.1. The van der Waals surface area contributed by atoms with Crippen molar-refractivity contribution in [2.75, 3.05) is 39.2 Å². The van der Waals surface area contributed by atoms with Gasteiger partial charge in [0, 0.05) is 36.7 Å². The largest absolute Gasteiger partial charge is 0.497 e. The van der Waals surface area contributed by atoms with Gasteiger partial charge in [-0.1, -0.05) is 0 Å². The molecule has 4 atom stereocenters. The molecule has 6 nitrogen and oxygen atoms in total. The van der Waals surface area contributed by atoms with Gasteiger partial charge in [-0.2, -0.15) is 0 Å². The molecule has 3 aliphatic heterocycles. The zero-order valence-corrected chi connectivity index (χ0v) is 14.7. The van der Waals surface area contributed by atoms with Crippen LogP contribution in [0.2, 0.25) is 0 Å². The molecule has 6 heteroatoms. The third-order valence-corrected chi connectivity index (χ3v) is 5.10. The molecule has 1 amide bonds. The normalized spacial score (nSPS) is 27.2. The minimum Gasteiger partial charge on any atom is -0.497 e. The molecule has 0 radical (unpaired) electrons. The predicted octanol–water partition coefficient (Wildman–Crippen LogP) is 2.60. The highest BCUT2D eigenvalue weighted by molar-refractivity contribution is 5.85. The molecule has 2 bridgehead atoms. The van der Waals surface area contributed by atoms with Crippen molar-refractivity contribution in [1.82, 2.24) is 4.90 Å². The Labute approximate surface area is 148 Å². The molecule has 3 saturated heterocycles.